The molecule has 0 heterocycles. The maximum atomic E-state index is 13.3. The molecule has 0 aliphatic carbocycles. The van der Waals surface area contributed by atoms with E-state index in [1.807, 2.05) is 39.0 Å². The van der Waals surface area contributed by atoms with E-state index in [2.05, 4.69) is 0 Å². The van der Waals surface area contributed by atoms with Crippen LogP contribution >= 0.6 is 0 Å². The molecule has 0 amide bonds. The molecule has 0 aliphatic rings. The van der Waals surface area contributed by atoms with Crippen molar-refractivity contribution in [3.8, 4) is 0 Å². The number of hydrogen-bond donors (Lipinski definition) is 1. The smallest absolute Gasteiger partial charge is 0.123 e. The number of benzene rings is 2. The zero-order chi connectivity index (χ0) is 13.3. The van der Waals surface area contributed by atoms with Gasteiger partial charge < -0.3 is 5.11 Å². The first kappa shape index (κ1) is 12.8. The van der Waals surface area contributed by atoms with Gasteiger partial charge in [0.15, 0.2) is 0 Å². The van der Waals surface area contributed by atoms with E-state index in [0.717, 1.165) is 22.3 Å². The van der Waals surface area contributed by atoms with Gasteiger partial charge in [0, 0.05) is 0 Å². The molecule has 1 atom stereocenters. The molecular weight excluding hydrogens is 227 g/mol. The SMILES string of the molecule is Cc1ccc(C)c(C(O)c2cc(F)ccc2C)c1. The molecule has 1 unspecified atom stereocenters. The van der Waals surface area contributed by atoms with Gasteiger partial charge in [-0.05, 0) is 55.2 Å². The maximum Gasteiger partial charge on any atom is 0.123 e. The van der Waals surface area contributed by atoms with Crippen LogP contribution in [0, 0.1) is 26.6 Å². The Morgan fingerprint density at radius 2 is 1.44 bits per heavy atom. The lowest BCUT2D eigenvalue weighted by Gasteiger charge is -2.17. The second-order valence-corrected chi connectivity index (χ2v) is 4.76. The molecule has 2 heteroatoms. The summed E-state index contributed by atoms with van der Waals surface area (Å²) in [5.41, 5.74) is 4.46. The Morgan fingerprint density at radius 3 is 2.11 bits per heavy atom. The van der Waals surface area contributed by atoms with Gasteiger partial charge in [-0.1, -0.05) is 29.8 Å². The third kappa shape index (κ3) is 2.44. The minimum atomic E-state index is -0.777. The lowest BCUT2D eigenvalue weighted by atomic mass is 9.93. The van der Waals surface area contributed by atoms with Crippen molar-refractivity contribution in [2.75, 3.05) is 0 Å². The number of aryl methyl sites for hydroxylation is 3. The van der Waals surface area contributed by atoms with Gasteiger partial charge in [-0.15, -0.1) is 0 Å². The molecule has 0 spiro atoms. The Morgan fingerprint density at radius 1 is 0.889 bits per heavy atom. The van der Waals surface area contributed by atoms with E-state index in [-0.39, 0.29) is 5.82 Å². The van der Waals surface area contributed by atoms with Gasteiger partial charge in [-0.25, -0.2) is 4.39 Å². The zero-order valence-corrected chi connectivity index (χ0v) is 10.9. The highest BCUT2D eigenvalue weighted by atomic mass is 19.1. The molecule has 0 aliphatic heterocycles. The fraction of sp³-hybridized carbons (Fsp3) is 0.250. The first-order valence-corrected chi connectivity index (χ1v) is 6.00. The highest BCUT2D eigenvalue weighted by Gasteiger charge is 2.15. The molecule has 0 bridgehead atoms. The molecule has 18 heavy (non-hydrogen) atoms. The van der Waals surface area contributed by atoms with E-state index in [4.69, 9.17) is 0 Å². The average Bonchev–Trinajstić information content (AvgIpc) is 2.34. The van der Waals surface area contributed by atoms with E-state index in [1.54, 1.807) is 6.07 Å². The number of rotatable bonds is 2. The molecule has 0 saturated heterocycles. The summed E-state index contributed by atoms with van der Waals surface area (Å²) in [7, 11) is 0. The van der Waals surface area contributed by atoms with Gasteiger partial charge >= 0.3 is 0 Å². The Bertz CT molecular complexity index is 524. The molecule has 2 rings (SSSR count). The van der Waals surface area contributed by atoms with E-state index < -0.39 is 6.10 Å². The van der Waals surface area contributed by atoms with Gasteiger partial charge in [0.25, 0.3) is 0 Å². The lowest BCUT2D eigenvalue weighted by molar-refractivity contribution is 0.218. The van der Waals surface area contributed by atoms with Crippen LogP contribution in [0.15, 0.2) is 36.4 Å². The first-order valence-electron chi connectivity index (χ1n) is 6.00. The van der Waals surface area contributed by atoms with Crippen molar-refractivity contribution in [1.29, 1.82) is 0 Å². The summed E-state index contributed by atoms with van der Waals surface area (Å²) < 4.78 is 13.3. The minimum absolute atomic E-state index is 0.319. The third-order valence-electron chi connectivity index (χ3n) is 3.27. The lowest BCUT2D eigenvalue weighted by Crippen LogP contribution is -2.05. The van der Waals surface area contributed by atoms with Crippen molar-refractivity contribution in [3.05, 3.63) is 70.0 Å². The largest absolute Gasteiger partial charge is 0.384 e. The van der Waals surface area contributed by atoms with Crippen LogP contribution in [0.4, 0.5) is 4.39 Å². The van der Waals surface area contributed by atoms with Crippen molar-refractivity contribution in [2.24, 2.45) is 0 Å². The van der Waals surface area contributed by atoms with Crippen LogP contribution in [0.1, 0.15) is 33.9 Å². The van der Waals surface area contributed by atoms with Crippen molar-refractivity contribution < 1.29 is 9.50 Å². The second-order valence-electron chi connectivity index (χ2n) is 4.76. The Labute approximate surface area is 107 Å². The van der Waals surface area contributed by atoms with Crippen LogP contribution in [0.2, 0.25) is 0 Å². The normalized spacial score (nSPS) is 12.5. The van der Waals surface area contributed by atoms with E-state index in [1.165, 1.54) is 12.1 Å². The van der Waals surface area contributed by atoms with Crippen LogP contribution in [0.3, 0.4) is 0 Å². The molecule has 0 radical (unpaired) electrons. The van der Waals surface area contributed by atoms with Crippen LogP contribution in [0.25, 0.3) is 0 Å². The highest BCUT2D eigenvalue weighted by Crippen LogP contribution is 2.28. The zero-order valence-electron chi connectivity index (χ0n) is 10.9. The summed E-state index contributed by atoms with van der Waals surface area (Å²) in [6.07, 6.45) is -0.777. The number of hydrogen-bond acceptors (Lipinski definition) is 1. The van der Waals surface area contributed by atoms with Crippen molar-refractivity contribution in [2.45, 2.75) is 26.9 Å². The standard InChI is InChI=1S/C16H17FO/c1-10-4-5-11(2)14(8-10)16(18)15-9-13(17)7-6-12(15)3/h4-9,16,18H,1-3H3. The molecular formula is C16H17FO. The molecule has 2 aromatic rings. The summed E-state index contributed by atoms with van der Waals surface area (Å²) in [6, 6.07) is 10.4. The van der Waals surface area contributed by atoms with Gasteiger partial charge in [-0.2, -0.15) is 0 Å². The van der Waals surface area contributed by atoms with Crippen LogP contribution in [-0.2, 0) is 0 Å². The number of aliphatic hydroxyl groups is 1. The Balaban J connectivity index is 2.50. The second kappa shape index (κ2) is 4.91. The van der Waals surface area contributed by atoms with Crippen LogP contribution < -0.4 is 0 Å². The summed E-state index contributed by atoms with van der Waals surface area (Å²) in [4.78, 5) is 0. The summed E-state index contributed by atoms with van der Waals surface area (Å²) in [5.74, 6) is -0.319. The molecule has 0 fully saturated rings. The van der Waals surface area contributed by atoms with Gasteiger partial charge in [0.2, 0.25) is 0 Å². The maximum absolute atomic E-state index is 13.3. The van der Waals surface area contributed by atoms with E-state index >= 15 is 0 Å². The van der Waals surface area contributed by atoms with Gasteiger partial charge in [0.05, 0.1) is 0 Å². The fourth-order valence-corrected chi connectivity index (χ4v) is 2.13. The molecule has 0 aromatic heterocycles. The van der Waals surface area contributed by atoms with Crippen molar-refractivity contribution in [1.82, 2.24) is 0 Å². The van der Waals surface area contributed by atoms with E-state index in [9.17, 15) is 9.50 Å². The topological polar surface area (TPSA) is 20.2 Å². The summed E-state index contributed by atoms with van der Waals surface area (Å²) >= 11 is 0. The molecule has 2 aromatic carbocycles. The minimum Gasteiger partial charge on any atom is -0.384 e. The van der Waals surface area contributed by atoms with Crippen LogP contribution in [0.5, 0.6) is 0 Å². The molecule has 0 saturated carbocycles. The van der Waals surface area contributed by atoms with Gasteiger partial charge in [-0.3, -0.25) is 0 Å². The Kier molecular flexibility index (Phi) is 3.48. The van der Waals surface area contributed by atoms with E-state index in [0.29, 0.717) is 5.56 Å². The summed E-state index contributed by atoms with van der Waals surface area (Å²) in [5, 5.41) is 10.4. The fourth-order valence-electron chi connectivity index (χ4n) is 2.13. The summed E-state index contributed by atoms with van der Waals surface area (Å²) in [6.45, 7) is 5.81. The predicted octanol–water partition coefficient (Wildman–Crippen LogP) is 3.83. The predicted molar refractivity (Wildman–Crippen MR) is 71.1 cm³/mol. The molecule has 94 valence electrons. The van der Waals surface area contributed by atoms with Crippen molar-refractivity contribution >= 4 is 0 Å². The highest BCUT2D eigenvalue weighted by molar-refractivity contribution is 5.40. The van der Waals surface area contributed by atoms with Gasteiger partial charge in [0.1, 0.15) is 11.9 Å². The van der Waals surface area contributed by atoms with Crippen LogP contribution in [-0.4, -0.2) is 5.11 Å². The average molecular weight is 244 g/mol. The quantitative estimate of drug-likeness (QED) is 0.851. The Hall–Kier alpha value is -1.67. The number of halogens is 1. The van der Waals surface area contributed by atoms with Crippen molar-refractivity contribution in [3.63, 3.8) is 0 Å². The molecule has 1 N–H and O–H groups in total. The first-order chi connectivity index (χ1) is 8.49. The third-order valence-corrected chi connectivity index (χ3v) is 3.27. The molecule has 1 nitrogen and oxygen atoms in total. The number of aliphatic hydroxyl groups excluding tert-OH is 1. The monoisotopic (exact) mass is 244 g/mol.